The van der Waals surface area contributed by atoms with Crippen molar-refractivity contribution in [3.05, 3.63) is 33.7 Å². The summed E-state index contributed by atoms with van der Waals surface area (Å²) in [6, 6.07) is 4.78. The summed E-state index contributed by atoms with van der Waals surface area (Å²) in [5.74, 6) is 1.40. The van der Waals surface area contributed by atoms with Crippen LogP contribution in [-0.4, -0.2) is 48.4 Å². The zero-order valence-corrected chi connectivity index (χ0v) is 17.6. The lowest BCUT2D eigenvalue weighted by molar-refractivity contribution is 0.0944. The topological polar surface area (TPSA) is 99.3 Å². The number of thiazole rings is 1. The highest BCUT2D eigenvalue weighted by atomic mass is 79.9. The van der Waals surface area contributed by atoms with Gasteiger partial charge in [0.2, 0.25) is 0 Å². The first-order valence-corrected chi connectivity index (χ1v) is 9.75. The molecule has 0 radical (unpaired) electrons. The van der Waals surface area contributed by atoms with Gasteiger partial charge in [-0.3, -0.25) is 0 Å². The van der Waals surface area contributed by atoms with Crippen molar-refractivity contribution < 1.29 is 19.1 Å². The standard InChI is InChI=1S/C17H21BrN4O4S/c1-4-24-12-5-6-15(14(18)7-12)26-17-20-8-13(27-17)9-21-25-10-11(2)22(3)16(19)23/h5-9,11H,4,10H2,1-3H3,(H2,19,23)/b21-9+/t11-/m0/s1. The van der Waals surface area contributed by atoms with E-state index in [-0.39, 0.29) is 12.6 Å². The van der Waals surface area contributed by atoms with Crippen LogP contribution in [0.2, 0.25) is 0 Å². The molecule has 2 aromatic rings. The largest absolute Gasteiger partial charge is 0.494 e. The van der Waals surface area contributed by atoms with E-state index in [1.807, 2.05) is 32.0 Å². The Labute approximate surface area is 170 Å². The first kappa shape index (κ1) is 21.0. The Bertz CT molecular complexity index is 799. The second kappa shape index (κ2) is 10.1. The quantitative estimate of drug-likeness (QED) is 0.456. The van der Waals surface area contributed by atoms with Crippen molar-refractivity contribution in [1.82, 2.24) is 9.88 Å². The van der Waals surface area contributed by atoms with Gasteiger partial charge in [-0.1, -0.05) is 16.5 Å². The molecular formula is C17H21BrN4O4S. The lowest BCUT2D eigenvalue weighted by atomic mass is 10.3. The Hall–Kier alpha value is -2.33. The van der Waals surface area contributed by atoms with Gasteiger partial charge >= 0.3 is 6.03 Å². The van der Waals surface area contributed by atoms with Crippen molar-refractivity contribution in [2.45, 2.75) is 19.9 Å². The summed E-state index contributed by atoms with van der Waals surface area (Å²) in [5, 5.41) is 4.35. The van der Waals surface area contributed by atoms with Gasteiger partial charge in [0.25, 0.3) is 5.19 Å². The Morgan fingerprint density at radius 2 is 2.30 bits per heavy atom. The maximum absolute atomic E-state index is 11.0. The summed E-state index contributed by atoms with van der Waals surface area (Å²) in [4.78, 5) is 22.6. The SMILES string of the molecule is CCOc1ccc(Oc2ncc(/C=N/OC[C@H](C)N(C)C(N)=O)s2)c(Br)c1. The van der Waals surface area contributed by atoms with Crippen LogP contribution in [0.25, 0.3) is 0 Å². The number of carbonyl (C=O) groups is 1. The van der Waals surface area contributed by atoms with Crippen molar-refractivity contribution in [1.29, 1.82) is 0 Å². The van der Waals surface area contributed by atoms with Crippen LogP contribution in [0.4, 0.5) is 4.79 Å². The molecule has 0 saturated carbocycles. The number of carbonyl (C=O) groups excluding carboxylic acids is 1. The summed E-state index contributed by atoms with van der Waals surface area (Å²) in [5.41, 5.74) is 5.19. The lowest BCUT2D eigenvalue weighted by Gasteiger charge is -2.21. The molecule has 0 aliphatic carbocycles. The molecule has 2 N–H and O–H groups in total. The summed E-state index contributed by atoms with van der Waals surface area (Å²) in [6.07, 6.45) is 3.17. The molecule has 0 fully saturated rings. The molecule has 1 atom stereocenters. The fourth-order valence-electron chi connectivity index (χ4n) is 1.86. The van der Waals surface area contributed by atoms with Crippen molar-refractivity contribution in [2.24, 2.45) is 10.9 Å². The summed E-state index contributed by atoms with van der Waals surface area (Å²) >= 11 is 4.78. The smallest absolute Gasteiger partial charge is 0.314 e. The number of aromatic nitrogens is 1. The number of amides is 2. The fraction of sp³-hybridized carbons (Fsp3) is 0.353. The van der Waals surface area contributed by atoms with E-state index in [9.17, 15) is 4.79 Å². The van der Waals surface area contributed by atoms with Crippen molar-refractivity contribution in [3.63, 3.8) is 0 Å². The Morgan fingerprint density at radius 1 is 1.52 bits per heavy atom. The third kappa shape index (κ3) is 6.40. The molecule has 2 amide bonds. The average Bonchev–Trinajstić information content (AvgIpc) is 3.07. The minimum Gasteiger partial charge on any atom is -0.494 e. The Morgan fingerprint density at radius 3 is 2.96 bits per heavy atom. The molecular weight excluding hydrogens is 436 g/mol. The molecule has 1 aromatic heterocycles. The van der Waals surface area contributed by atoms with Crippen LogP contribution in [0.3, 0.4) is 0 Å². The van der Waals surface area contributed by atoms with E-state index >= 15 is 0 Å². The number of rotatable bonds is 9. The molecule has 0 unspecified atom stereocenters. The Balaban J connectivity index is 1.88. The number of hydrogen-bond donors (Lipinski definition) is 1. The number of hydrogen-bond acceptors (Lipinski definition) is 7. The number of nitrogens with two attached hydrogens (primary N) is 1. The van der Waals surface area contributed by atoms with Crippen LogP contribution in [0.5, 0.6) is 16.7 Å². The van der Waals surface area contributed by atoms with E-state index in [1.165, 1.54) is 22.5 Å². The number of benzene rings is 1. The molecule has 8 nitrogen and oxygen atoms in total. The third-order valence-corrected chi connectivity index (χ3v) is 4.92. The molecule has 1 aromatic carbocycles. The normalized spacial score (nSPS) is 12.0. The fourth-order valence-corrected chi connectivity index (χ4v) is 2.94. The van der Waals surface area contributed by atoms with Gasteiger partial charge in [0.1, 0.15) is 18.1 Å². The monoisotopic (exact) mass is 456 g/mol. The predicted octanol–water partition coefficient (Wildman–Crippen LogP) is 3.85. The minimum absolute atomic E-state index is 0.183. The van der Waals surface area contributed by atoms with Crippen LogP contribution in [0.1, 0.15) is 18.7 Å². The summed E-state index contributed by atoms with van der Waals surface area (Å²) in [6.45, 7) is 4.57. The summed E-state index contributed by atoms with van der Waals surface area (Å²) in [7, 11) is 1.60. The van der Waals surface area contributed by atoms with Crippen LogP contribution < -0.4 is 15.2 Å². The van der Waals surface area contributed by atoms with E-state index in [0.717, 1.165) is 15.1 Å². The van der Waals surface area contributed by atoms with Crippen LogP contribution in [-0.2, 0) is 4.84 Å². The van der Waals surface area contributed by atoms with Crippen LogP contribution in [0.15, 0.2) is 34.0 Å². The third-order valence-electron chi connectivity index (χ3n) is 3.49. The highest BCUT2D eigenvalue weighted by Crippen LogP contribution is 2.34. The molecule has 0 saturated heterocycles. The number of halogens is 1. The number of likely N-dealkylation sites (N-methyl/N-ethyl adjacent to an activating group) is 1. The maximum atomic E-state index is 11.0. The van der Waals surface area contributed by atoms with Gasteiger partial charge < -0.3 is 24.9 Å². The number of primary amides is 1. The molecule has 0 aliphatic rings. The highest BCUT2D eigenvalue weighted by molar-refractivity contribution is 9.10. The second-order valence-corrected chi connectivity index (χ2v) is 7.36. The number of oxime groups is 1. The molecule has 0 spiro atoms. The molecule has 2 rings (SSSR count). The van der Waals surface area contributed by atoms with E-state index < -0.39 is 6.03 Å². The van der Waals surface area contributed by atoms with Crippen molar-refractivity contribution >= 4 is 39.5 Å². The van der Waals surface area contributed by atoms with Gasteiger partial charge in [-0.05, 0) is 48.0 Å². The van der Waals surface area contributed by atoms with Gasteiger partial charge in [-0.2, -0.15) is 0 Å². The lowest BCUT2D eigenvalue weighted by Crippen LogP contribution is -2.41. The molecule has 146 valence electrons. The van der Waals surface area contributed by atoms with Crippen LogP contribution >= 0.6 is 27.3 Å². The number of urea groups is 1. The second-order valence-electron chi connectivity index (χ2n) is 5.48. The highest BCUT2D eigenvalue weighted by Gasteiger charge is 2.12. The van der Waals surface area contributed by atoms with E-state index in [0.29, 0.717) is 17.6 Å². The van der Waals surface area contributed by atoms with E-state index in [4.69, 9.17) is 20.0 Å². The zero-order valence-electron chi connectivity index (χ0n) is 15.2. The van der Waals surface area contributed by atoms with Crippen LogP contribution in [0, 0.1) is 0 Å². The molecule has 1 heterocycles. The van der Waals surface area contributed by atoms with Crippen molar-refractivity contribution in [2.75, 3.05) is 20.3 Å². The van der Waals surface area contributed by atoms with Gasteiger partial charge in [0, 0.05) is 7.05 Å². The van der Waals surface area contributed by atoms with Gasteiger partial charge in [-0.15, -0.1) is 0 Å². The van der Waals surface area contributed by atoms with Crippen molar-refractivity contribution in [3.8, 4) is 16.7 Å². The first-order chi connectivity index (χ1) is 12.9. The number of nitrogens with zero attached hydrogens (tertiary/aromatic N) is 3. The maximum Gasteiger partial charge on any atom is 0.314 e. The number of ether oxygens (including phenoxy) is 2. The minimum atomic E-state index is -0.514. The summed E-state index contributed by atoms with van der Waals surface area (Å²) < 4.78 is 12.0. The van der Waals surface area contributed by atoms with Gasteiger partial charge in [-0.25, -0.2) is 9.78 Å². The molecule has 0 bridgehead atoms. The molecule has 0 aliphatic heterocycles. The zero-order chi connectivity index (χ0) is 19.8. The molecule has 27 heavy (non-hydrogen) atoms. The van der Waals surface area contributed by atoms with E-state index in [2.05, 4.69) is 26.1 Å². The average molecular weight is 457 g/mol. The molecule has 10 heteroatoms. The van der Waals surface area contributed by atoms with Gasteiger partial charge in [0.05, 0.1) is 34.4 Å². The predicted molar refractivity (Wildman–Crippen MR) is 108 cm³/mol. The first-order valence-electron chi connectivity index (χ1n) is 8.14. The van der Waals surface area contributed by atoms with Gasteiger partial charge in [0.15, 0.2) is 0 Å². The van der Waals surface area contributed by atoms with E-state index in [1.54, 1.807) is 13.2 Å². The Kier molecular flexibility index (Phi) is 7.86.